The number of amides is 3. The van der Waals surface area contributed by atoms with E-state index in [1.165, 1.54) is 5.56 Å². The Kier molecular flexibility index (Phi) is 6.75. The summed E-state index contributed by atoms with van der Waals surface area (Å²) < 4.78 is 10.6. The molecule has 2 aromatic rings. The van der Waals surface area contributed by atoms with Gasteiger partial charge in [-0.3, -0.25) is 19.6 Å². The van der Waals surface area contributed by atoms with Gasteiger partial charge >= 0.3 is 6.03 Å². The summed E-state index contributed by atoms with van der Waals surface area (Å²) in [7, 11) is 3.14. The van der Waals surface area contributed by atoms with Crippen molar-refractivity contribution in [1.29, 1.82) is 0 Å². The zero-order valence-electron chi connectivity index (χ0n) is 18.6. The Morgan fingerprint density at radius 1 is 0.938 bits per heavy atom. The smallest absolute Gasteiger partial charge is 0.325 e. The van der Waals surface area contributed by atoms with Gasteiger partial charge in [-0.25, -0.2) is 4.79 Å². The molecule has 0 N–H and O–H groups in total. The lowest BCUT2D eigenvalue weighted by Crippen LogP contribution is -2.51. The number of anilines is 1. The van der Waals surface area contributed by atoms with Gasteiger partial charge in [-0.05, 0) is 29.8 Å². The van der Waals surface area contributed by atoms with Crippen LogP contribution in [0.25, 0.3) is 0 Å². The van der Waals surface area contributed by atoms with E-state index in [2.05, 4.69) is 9.88 Å². The summed E-state index contributed by atoms with van der Waals surface area (Å²) in [6.07, 6.45) is 3.60. The first kappa shape index (κ1) is 21.9. The fraction of sp³-hybridized carbons (Fsp3) is 0.435. The number of rotatable bonds is 7. The molecule has 170 valence electrons. The summed E-state index contributed by atoms with van der Waals surface area (Å²) in [5.41, 5.74) is 1.95. The van der Waals surface area contributed by atoms with Crippen molar-refractivity contribution >= 4 is 17.6 Å². The predicted molar refractivity (Wildman–Crippen MR) is 120 cm³/mol. The molecule has 0 aliphatic carbocycles. The van der Waals surface area contributed by atoms with E-state index in [9.17, 15) is 9.59 Å². The molecule has 4 rings (SSSR count). The monoisotopic (exact) mass is 439 g/mol. The molecule has 2 aliphatic heterocycles. The molecule has 1 aromatic carbocycles. The lowest BCUT2D eigenvalue weighted by molar-refractivity contribution is -0.133. The SMILES string of the molecule is COc1ccc(N2CCN(CC(=O)N3CCN(Cc4ccncc4)CC3)C2=O)cc1OC. The number of carbonyl (C=O) groups is 2. The van der Waals surface area contributed by atoms with Gasteiger partial charge < -0.3 is 19.3 Å². The molecule has 3 amide bonds. The van der Waals surface area contributed by atoms with Crippen LogP contribution in [-0.4, -0.2) is 91.7 Å². The first-order chi connectivity index (χ1) is 15.6. The molecule has 0 radical (unpaired) electrons. The average Bonchev–Trinajstić information content (AvgIpc) is 3.19. The highest BCUT2D eigenvalue weighted by Gasteiger charge is 2.33. The van der Waals surface area contributed by atoms with Crippen LogP contribution in [0.2, 0.25) is 0 Å². The second kappa shape index (κ2) is 9.86. The first-order valence-corrected chi connectivity index (χ1v) is 10.8. The molecule has 1 aromatic heterocycles. The van der Waals surface area contributed by atoms with Gasteiger partial charge in [0, 0.05) is 70.0 Å². The first-order valence-electron chi connectivity index (χ1n) is 10.8. The number of benzene rings is 1. The zero-order chi connectivity index (χ0) is 22.5. The quantitative estimate of drug-likeness (QED) is 0.653. The molecule has 2 aliphatic rings. The molecule has 0 atom stereocenters. The van der Waals surface area contributed by atoms with Crippen LogP contribution < -0.4 is 14.4 Å². The maximum Gasteiger partial charge on any atom is 0.325 e. The summed E-state index contributed by atoms with van der Waals surface area (Å²) in [6.45, 7) is 4.99. The van der Waals surface area contributed by atoms with Crippen molar-refractivity contribution in [2.24, 2.45) is 0 Å². The summed E-state index contributed by atoms with van der Waals surface area (Å²) in [5.74, 6) is 1.17. The van der Waals surface area contributed by atoms with Crippen molar-refractivity contribution in [2.45, 2.75) is 6.54 Å². The third kappa shape index (κ3) is 4.77. The Balaban J connectivity index is 1.29. The van der Waals surface area contributed by atoms with Crippen LogP contribution >= 0.6 is 0 Å². The van der Waals surface area contributed by atoms with E-state index < -0.39 is 0 Å². The van der Waals surface area contributed by atoms with Crippen molar-refractivity contribution in [3.05, 3.63) is 48.3 Å². The van der Waals surface area contributed by atoms with Gasteiger partial charge in [0.1, 0.15) is 6.54 Å². The minimum atomic E-state index is -0.165. The molecule has 32 heavy (non-hydrogen) atoms. The number of urea groups is 1. The highest BCUT2D eigenvalue weighted by atomic mass is 16.5. The molecule has 9 heteroatoms. The minimum absolute atomic E-state index is 0.00364. The third-order valence-electron chi connectivity index (χ3n) is 5.98. The van der Waals surface area contributed by atoms with Gasteiger partial charge in [0.05, 0.1) is 14.2 Å². The maximum absolute atomic E-state index is 12.9. The number of methoxy groups -OCH3 is 2. The lowest BCUT2D eigenvalue weighted by Gasteiger charge is -2.35. The number of aromatic nitrogens is 1. The van der Waals surface area contributed by atoms with E-state index in [4.69, 9.17) is 9.47 Å². The van der Waals surface area contributed by atoms with E-state index in [0.29, 0.717) is 37.7 Å². The molecule has 0 unspecified atom stereocenters. The molecule has 0 saturated carbocycles. The van der Waals surface area contributed by atoms with Crippen molar-refractivity contribution in [3.63, 3.8) is 0 Å². The van der Waals surface area contributed by atoms with Gasteiger partial charge in [-0.2, -0.15) is 0 Å². The molecule has 9 nitrogen and oxygen atoms in total. The molecular weight excluding hydrogens is 410 g/mol. The number of hydrogen-bond acceptors (Lipinski definition) is 6. The Bertz CT molecular complexity index is 947. The standard InChI is InChI=1S/C23H29N5O4/c1-31-20-4-3-19(15-21(20)32-2)28-14-13-27(23(28)30)17-22(29)26-11-9-25(10-12-26)16-18-5-7-24-8-6-18/h3-8,15H,9-14,16-17H2,1-2H3. The molecule has 0 bridgehead atoms. The van der Waals surface area contributed by atoms with Crippen LogP contribution in [0, 0.1) is 0 Å². The van der Waals surface area contributed by atoms with Crippen molar-refractivity contribution < 1.29 is 19.1 Å². The summed E-state index contributed by atoms with van der Waals surface area (Å²) in [4.78, 5) is 37.3. The molecule has 2 saturated heterocycles. The van der Waals surface area contributed by atoms with Crippen molar-refractivity contribution in [1.82, 2.24) is 19.7 Å². The van der Waals surface area contributed by atoms with Gasteiger partial charge in [0.15, 0.2) is 11.5 Å². The zero-order valence-corrected chi connectivity index (χ0v) is 18.6. The number of carbonyl (C=O) groups excluding carboxylic acids is 2. The normalized spacial score (nSPS) is 17.1. The largest absolute Gasteiger partial charge is 0.493 e. The van der Waals surface area contributed by atoms with Crippen LogP contribution in [0.4, 0.5) is 10.5 Å². The molecule has 3 heterocycles. The van der Waals surface area contributed by atoms with Gasteiger partial charge in [0.2, 0.25) is 5.91 Å². The van der Waals surface area contributed by atoms with Gasteiger partial charge in [-0.15, -0.1) is 0 Å². The van der Waals surface area contributed by atoms with Crippen LogP contribution in [-0.2, 0) is 11.3 Å². The van der Waals surface area contributed by atoms with E-state index in [1.807, 2.05) is 23.1 Å². The number of pyridine rings is 1. The fourth-order valence-corrected chi connectivity index (χ4v) is 4.13. The number of nitrogens with zero attached hydrogens (tertiary/aromatic N) is 5. The summed E-state index contributed by atoms with van der Waals surface area (Å²) >= 11 is 0. The second-order valence-electron chi connectivity index (χ2n) is 7.91. The Hall–Kier alpha value is -3.33. The molecule has 0 spiro atoms. The maximum atomic E-state index is 12.9. The third-order valence-corrected chi connectivity index (χ3v) is 5.98. The average molecular weight is 440 g/mol. The number of hydrogen-bond donors (Lipinski definition) is 0. The second-order valence-corrected chi connectivity index (χ2v) is 7.91. The Morgan fingerprint density at radius 3 is 2.34 bits per heavy atom. The summed E-state index contributed by atoms with van der Waals surface area (Å²) in [6, 6.07) is 9.25. The van der Waals surface area contributed by atoms with Crippen LogP contribution in [0.5, 0.6) is 11.5 Å². The van der Waals surface area contributed by atoms with E-state index in [0.717, 1.165) is 25.3 Å². The predicted octanol–water partition coefficient (Wildman–Crippen LogP) is 1.69. The van der Waals surface area contributed by atoms with E-state index >= 15 is 0 Å². The van der Waals surface area contributed by atoms with Crippen molar-refractivity contribution in [3.8, 4) is 11.5 Å². The van der Waals surface area contributed by atoms with E-state index in [-0.39, 0.29) is 18.5 Å². The highest BCUT2D eigenvalue weighted by molar-refractivity contribution is 5.96. The summed E-state index contributed by atoms with van der Waals surface area (Å²) in [5, 5.41) is 0. The number of piperazine rings is 1. The van der Waals surface area contributed by atoms with Crippen LogP contribution in [0.1, 0.15) is 5.56 Å². The minimum Gasteiger partial charge on any atom is -0.493 e. The fourth-order valence-electron chi connectivity index (χ4n) is 4.13. The van der Waals surface area contributed by atoms with E-state index in [1.54, 1.807) is 48.5 Å². The van der Waals surface area contributed by atoms with Gasteiger partial charge in [0.25, 0.3) is 0 Å². The molecular formula is C23H29N5O4. The Labute approximate surface area is 188 Å². The topological polar surface area (TPSA) is 78.5 Å². The van der Waals surface area contributed by atoms with Gasteiger partial charge in [-0.1, -0.05) is 0 Å². The van der Waals surface area contributed by atoms with Crippen LogP contribution in [0.15, 0.2) is 42.7 Å². The number of ether oxygens (including phenoxy) is 2. The van der Waals surface area contributed by atoms with Crippen molar-refractivity contribution in [2.75, 3.05) is 64.9 Å². The lowest BCUT2D eigenvalue weighted by atomic mass is 10.2. The highest BCUT2D eigenvalue weighted by Crippen LogP contribution is 2.32. The molecule has 2 fully saturated rings. The van der Waals surface area contributed by atoms with Crippen LogP contribution in [0.3, 0.4) is 0 Å². The Morgan fingerprint density at radius 2 is 1.66 bits per heavy atom.